The van der Waals surface area contributed by atoms with Crippen molar-refractivity contribution >= 4 is 45.9 Å². The number of thiocarbonyl (C=S) groups is 1. The first-order valence-corrected chi connectivity index (χ1v) is 12.1. The standard InChI is InChI=1S/C28H25N3O6S/c1-15(2)26(34)29-10-3-11-30-28(38)31-16-4-7-19(22(12-16)27(35)36)25-20-8-5-17(32)13-23(20)37-24-14-18(33)6-9-21(24)25/h4-9,12-14,32H,1,3,10-11H2,2H3,(H,29,34)(H,35,36)(H2,30,31,38). The maximum absolute atomic E-state index is 12.3. The van der Waals surface area contributed by atoms with E-state index in [2.05, 4.69) is 22.5 Å². The van der Waals surface area contributed by atoms with Gasteiger partial charge in [-0.2, -0.15) is 0 Å². The van der Waals surface area contributed by atoms with E-state index in [0.717, 1.165) is 0 Å². The van der Waals surface area contributed by atoms with Crippen LogP contribution in [0, 0.1) is 0 Å². The van der Waals surface area contributed by atoms with Gasteiger partial charge in [0.05, 0.1) is 5.56 Å². The Kier molecular flexibility index (Phi) is 7.73. The highest BCUT2D eigenvalue weighted by molar-refractivity contribution is 7.80. The van der Waals surface area contributed by atoms with Crippen molar-refractivity contribution in [1.29, 1.82) is 0 Å². The fourth-order valence-corrected chi connectivity index (χ4v) is 4.20. The molecule has 2 aromatic rings. The molecule has 0 unspecified atom stereocenters. The van der Waals surface area contributed by atoms with Crippen LogP contribution in [0.15, 0.2) is 76.0 Å². The summed E-state index contributed by atoms with van der Waals surface area (Å²) in [6.07, 6.45) is 0.625. The second-order valence-electron chi connectivity index (χ2n) is 8.65. The van der Waals surface area contributed by atoms with Gasteiger partial charge in [-0.25, -0.2) is 4.79 Å². The number of hydrogen-bond acceptors (Lipinski definition) is 6. The highest BCUT2D eigenvalue weighted by atomic mass is 32.1. The molecule has 0 radical (unpaired) electrons. The van der Waals surface area contributed by atoms with Crippen molar-refractivity contribution in [3.8, 4) is 28.2 Å². The predicted octanol–water partition coefficient (Wildman–Crippen LogP) is 4.34. The number of carbonyl (C=O) groups excluding carboxylic acids is 1. The van der Waals surface area contributed by atoms with Crippen LogP contribution in [0.4, 0.5) is 5.69 Å². The Morgan fingerprint density at radius 2 is 1.74 bits per heavy atom. The van der Waals surface area contributed by atoms with Crippen LogP contribution in [0.2, 0.25) is 0 Å². The van der Waals surface area contributed by atoms with E-state index in [-0.39, 0.29) is 28.4 Å². The second kappa shape index (κ2) is 11.1. The Hall–Kier alpha value is -4.70. The Morgan fingerprint density at radius 3 is 2.47 bits per heavy atom. The Balaban J connectivity index is 1.62. The average molecular weight is 532 g/mol. The summed E-state index contributed by atoms with van der Waals surface area (Å²) in [4.78, 5) is 35.8. The van der Waals surface area contributed by atoms with Gasteiger partial charge >= 0.3 is 5.97 Å². The van der Waals surface area contributed by atoms with Crippen LogP contribution >= 0.6 is 12.2 Å². The number of carbonyl (C=O) groups is 2. The summed E-state index contributed by atoms with van der Waals surface area (Å²) in [5.74, 6) is -1.11. The molecule has 10 heteroatoms. The average Bonchev–Trinajstić information content (AvgIpc) is 2.86. The minimum atomic E-state index is -1.16. The van der Waals surface area contributed by atoms with Gasteiger partial charge in [-0.05, 0) is 67.5 Å². The third-order valence-corrected chi connectivity index (χ3v) is 6.01. The lowest BCUT2D eigenvalue weighted by atomic mass is 9.90. The lowest BCUT2D eigenvalue weighted by Gasteiger charge is -2.18. The molecule has 0 spiro atoms. The number of phenolic OH excluding ortho intramolecular Hbond substituents is 1. The zero-order chi connectivity index (χ0) is 27.4. The number of phenols is 1. The topological polar surface area (TPSA) is 141 Å². The second-order valence-corrected chi connectivity index (χ2v) is 9.06. The first kappa shape index (κ1) is 26.4. The molecule has 9 nitrogen and oxygen atoms in total. The van der Waals surface area contributed by atoms with Crippen LogP contribution in [0.1, 0.15) is 23.7 Å². The van der Waals surface area contributed by atoms with Gasteiger partial charge in [0.1, 0.15) is 17.1 Å². The van der Waals surface area contributed by atoms with Gasteiger partial charge in [0.15, 0.2) is 10.5 Å². The van der Waals surface area contributed by atoms with Crippen molar-refractivity contribution in [2.24, 2.45) is 0 Å². The SMILES string of the molecule is C=C(C)C(=O)NCCCNC(=S)Nc1ccc(-c2c3ccc(=O)cc-3oc3cc(O)ccc23)c(C(=O)O)c1. The quantitative estimate of drug-likeness (QED) is 0.0972. The van der Waals surface area contributed by atoms with Gasteiger partial charge in [-0.15, -0.1) is 0 Å². The maximum atomic E-state index is 12.3. The lowest BCUT2D eigenvalue weighted by Crippen LogP contribution is -2.32. The molecule has 0 fully saturated rings. The van der Waals surface area contributed by atoms with Gasteiger partial charge in [-0.3, -0.25) is 9.59 Å². The summed E-state index contributed by atoms with van der Waals surface area (Å²) in [5.41, 5.74) is 2.48. The summed E-state index contributed by atoms with van der Waals surface area (Å²) in [7, 11) is 0. The van der Waals surface area contributed by atoms with Crippen molar-refractivity contribution in [1.82, 2.24) is 10.6 Å². The summed E-state index contributed by atoms with van der Waals surface area (Å²) < 4.78 is 5.85. The highest BCUT2D eigenvalue weighted by Gasteiger charge is 2.22. The van der Waals surface area contributed by atoms with Crippen molar-refractivity contribution in [2.45, 2.75) is 13.3 Å². The summed E-state index contributed by atoms with van der Waals surface area (Å²) in [5, 5.41) is 29.6. The zero-order valence-corrected chi connectivity index (χ0v) is 21.3. The number of fused-ring (bicyclic) bond motifs is 2. The molecule has 2 aliphatic rings. The largest absolute Gasteiger partial charge is 0.508 e. The number of benzene rings is 3. The molecule has 0 atom stereocenters. The minimum Gasteiger partial charge on any atom is -0.508 e. The number of rotatable bonds is 8. The van der Waals surface area contributed by atoms with E-state index in [1.165, 1.54) is 30.3 Å². The number of aromatic hydroxyl groups is 1. The maximum Gasteiger partial charge on any atom is 0.336 e. The molecule has 0 saturated carbocycles. The summed E-state index contributed by atoms with van der Waals surface area (Å²) >= 11 is 5.33. The van der Waals surface area contributed by atoms with Crippen molar-refractivity contribution in [3.05, 3.63) is 82.5 Å². The van der Waals surface area contributed by atoms with Gasteiger partial charge in [0, 0.05) is 53.0 Å². The molecule has 4 rings (SSSR count). The van der Waals surface area contributed by atoms with E-state index in [4.69, 9.17) is 16.6 Å². The smallest absolute Gasteiger partial charge is 0.336 e. The molecule has 38 heavy (non-hydrogen) atoms. The Labute approximate surface area is 223 Å². The van der Waals surface area contributed by atoms with Crippen LogP contribution in [-0.2, 0) is 4.79 Å². The van der Waals surface area contributed by atoms with Gasteiger partial charge in [-0.1, -0.05) is 12.6 Å². The molecule has 1 heterocycles. The van der Waals surface area contributed by atoms with E-state index in [0.29, 0.717) is 63.5 Å². The fourth-order valence-electron chi connectivity index (χ4n) is 3.98. The molecule has 1 aliphatic heterocycles. The number of amides is 1. The first-order valence-electron chi connectivity index (χ1n) is 11.7. The molecule has 1 amide bonds. The zero-order valence-electron chi connectivity index (χ0n) is 20.5. The van der Waals surface area contributed by atoms with Crippen LogP contribution in [0.5, 0.6) is 5.75 Å². The molecule has 0 saturated heterocycles. The first-order chi connectivity index (χ1) is 18.1. The summed E-state index contributed by atoms with van der Waals surface area (Å²) in [6.45, 7) is 6.16. The van der Waals surface area contributed by atoms with Crippen LogP contribution < -0.4 is 21.4 Å². The highest BCUT2D eigenvalue weighted by Crippen LogP contribution is 2.42. The number of aromatic carboxylic acids is 1. The van der Waals surface area contributed by atoms with Crippen LogP contribution in [0.25, 0.3) is 33.4 Å². The van der Waals surface area contributed by atoms with E-state index in [9.17, 15) is 24.6 Å². The third kappa shape index (κ3) is 5.81. The molecule has 0 bridgehead atoms. The predicted molar refractivity (Wildman–Crippen MR) is 150 cm³/mol. The van der Waals surface area contributed by atoms with E-state index < -0.39 is 5.97 Å². The van der Waals surface area contributed by atoms with Gasteiger partial charge in [0.2, 0.25) is 5.91 Å². The van der Waals surface area contributed by atoms with E-state index in [1.54, 1.807) is 31.2 Å². The Morgan fingerprint density at radius 1 is 1.00 bits per heavy atom. The molecular weight excluding hydrogens is 506 g/mol. The third-order valence-electron chi connectivity index (χ3n) is 5.77. The molecule has 5 N–H and O–H groups in total. The number of nitrogens with one attached hydrogen (secondary N) is 3. The van der Waals surface area contributed by atoms with Crippen molar-refractivity contribution < 1.29 is 24.2 Å². The van der Waals surface area contributed by atoms with Crippen LogP contribution in [0.3, 0.4) is 0 Å². The molecule has 1 aliphatic carbocycles. The number of carboxylic acids is 1. The Bertz CT molecular complexity index is 1610. The monoisotopic (exact) mass is 531 g/mol. The molecule has 0 aromatic heterocycles. The minimum absolute atomic E-state index is 0.00776. The number of anilines is 1. The van der Waals surface area contributed by atoms with Crippen molar-refractivity contribution in [2.75, 3.05) is 18.4 Å². The van der Waals surface area contributed by atoms with E-state index in [1.807, 2.05) is 0 Å². The fraction of sp³-hybridized carbons (Fsp3) is 0.143. The van der Waals surface area contributed by atoms with Crippen LogP contribution in [-0.4, -0.2) is 40.3 Å². The molecule has 2 aromatic carbocycles. The number of hydrogen-bond donors (Lipinski definition) is 5. The van der Waals surface area contributed by atoms with Gasteiger partial charge in [0.25, 0.3) is 0 Å². The normalized spacial score (nSPS) is 10.8. The number of carboxylic acid groups (broad SMARTS) is 1. The lowest BCUT2D eigenvalue weighted by molar-refractivity contribution is -0.117. The molecular formula is C28H25N3O6S. The van der Waals surface area contributed by atoms with Crippen molar-refractivity contribution in [3.63, 3.8) is 0 Å². The van der Waals surface area contributed by atoms with E-state index >= 15 is 0 Å². The molecule has 194 valence electrons. The summed E-state index contributed by atoms with van der Waals surface area (Å²) in [6, 6.07) is 13.7. The van der Waals surface area contributed by atoms with Gasteiger partial charge < -0.3 is 30.6 Å².